The fraction of sp³-hybridized carbons (Fsp3) is 0.474. The number of likely N-dealkylation sites (tertiary alicyclic amines) is 1. The van der Waals surface area contributed by atoms with Crippen molar-refractivity contribution in [3.63, 3.8) is 0 Å². The zero-order valence-electron chi connectivity index (χ0n) is 16.2. The van der Waals surface area contributed by atoms with E-state index in [4.69, 9.17) is 20.9 Å². The van der Waals surface area contributed by atoms with Crippen LogP contribution in [0, 0.1) is 11.8 Å². The lowest BCUT2D eigenvalue weighted by molar-refractivity contribution is -0.145. The summed E-state index contributed by atoms with van der Waals surface area (Å²) < 4.78 is 10.2. The van der Waals surface area contributed by atoms with E-state index in [0.29, 0.717) is 36.2 Å². The predicted octanol–water partition coefficient (Wildman–Crippen LogP) is 2.25. The Bertz CT molecular complexity index is 854. The zero-order chi connectivity index (χ0) is 20.1. The van der Waals surface area contributed by atoms with E-state index in [9.17, 15) is 4.79 Å². The van der Waals surface area contributed by atoms with Gasteiger partial charge in [-0.25, -0.2) is 0 Å². The van der Waals surface area contributed by atoms with Crippen molar-refractivity contribution in [3.05, 3.63) is 35.2 Å². The Labute approximate surface area is 168 Å². The molecule has 2 atom stereocenters. The van der Waals surface area contributed by atoms with Gasteiger partial charge in [0.25, 0.3) is 0 Å². The van der Waals surface area contributed by atoms with Gasteiger partial charge in [-0.15, -0.1) is 0 Å². The average molecular weight is 406 g/mol. The Hall–Kier alpha value is -2.61. The van der Waals surface area contributed by atoms with Crippen LogP contribution < -0.4 is 5.32 Å². The van der Waals surface area contributed by atoms with Crippen LogP contribution in [-0.2, 0) is 16.0 Å². The molecule has 0 radical (unpaired) electrons. The summed E-state index contributed by atoms with van der Waals surface area (Å²) in [5.41, 5.74) is 0.811. The lowest BCUT2D eigenvalue weighted by Gasteiger charge is -2.21. The summed E-state index contributed by atoms with van der Waals surface area (Å²) in [5.74, 6) is 1.68. The summed E-state index contributed by atoms with van der Waals surface area (Å²) in [5, 5.41) is 7.92. The Balaban J connectivity index is 1.54. The number of methoxy groups -OCH3 is 1. The summed E-state index contributed by atoms with van der Waals surface area (Å²) >= 11 is 6.00. The van der Waals surface area contributed by atoms with Gasteiger partial charge in [-0.2, -0.15) is 4.98 Å². The number of ether oxygens (including phenoxy) is 1. The number of hydrogen-bond donors (Lipinski definition) is 1. The standard InChI is InChI=1S/C19H24ClN5O3/c1-12-10-25(11-15(12)18(26)27-3)19(21-2)22-8-7-16-23-17(24-28-16)13-5-4-6-14(20)9-13/h4-6,9,12,15H,7-8,10-11H2,1-3H3,(H,21,22). The first-order valence-corrected chi connectivity index (χ1v) is 9.51. The molecule has 0 bridgehead atoms. The molecule has 2 aromatic rings. The SMILES string of the molecule is CN=C(NCCc1nc(-c2cccc(Cl)c2)no1)N1CC(C)C(C(=O)OC)C1. The van der Waals surface area contributed by atoms with Crippen LogP contribution in [0.15, 0.2) is 33.8 Å². The van der Waals surface area contributed by atoms with Gasteiger partial charge in [-0.3, -0.25) is 9.79 Å². The highest BCUT2D eigenvalue weighted by Gasteiger charge is 2.36. The third-order valence-corrected chi connectivity index (χ3v) is 5.04. The van der Waals surface area contributed by atoms with Crippen molar-refractivity contribution >= 4 is 23.5 Å². The number of benzene rings is 1. The molecule has 9 heteroatoms. The Morgan fingerprint density at radius 1 is 1.46 bits per heavy atom. The van der Waals surface area contributed by atoms with Gasteiger partial charge in [-0.05, 0) is 18.1 Å². The molecule has 1 saturated heterocycles. The molecule has 8 nitrogen and oxygen atoms in total. The third-order valence-electron chi connectivity index (χ3n) is 4.80. The summed E-state index contributed by atoms with van der Waals surface area (Å²) in [7, 11) is 3.15. The molecule has 0 spiro atoms. The minimum absolute atomic E-state index is 0.139. The van der Waals surface area contributed by atoms with Crippen molar-refractivity contribution in [2.24, 2.45) is 16.8 Å². The van der Waals surface area contributed by atoms with Crippen LogP contribution in [0.4, 0.5) is 0 Å². The van der Waals surface area contributed by atoms with E-state index in [1.54, 1.807) is 19.2 Å². The highest BCUT2D eigenvalue weighted by molar-refractivity contribution is 6.30. The van der Waals surface area contributed by atoms with Crippen molar-refractivity contribution in [1.82, 2.24) is 20.4 Å². The second kappa shape index (κ2) is 9.05. The van der Waals surface area contributed by atoms with Gasteiger partial charge < -0.3 is 19.5 Å². The molecular formula is C19H24ClN5O3. The third kappa shape index (κ3) is 4.62. The molecular weight excluding hydrogens is 382 g/mol. The zero-order valence-corrected chi connectivity index (χ0v) is 16.9. The molecule has 2 heterocycles. The van der Waals surface area contributed by atoms with E-state index >= 15 is 0 Å². The Morgan fingerprint density at radius 2 is 2.29 bits per heavy atom. The fourth-order valence-corrected chi connectivity index (χ4v) is 3.50. The summed E-state index contributed by atoms with van der Waals surface area (Å²) in [6.07, 6.45) is 0.552. The van der Waals surface area contributed by atoms with Crippen molar-refractivity contribution in [1.29, 1.82) is 0 Å². The van der Waals surface area contributed by atoms with Crippen LogP contribution in [0.1, 0.15) is 12.8 Å². The van der Waals surface area contributed by atoms with Gasteiger partial charge in [0, 0.05) is 43.7 Å². The number of carbonyl (C=O) groups excluding carboxylic acids is 1. The Kier molecular flexibility index (Phi) is 6.51. The molecule has 0 saturated carbocycles. The summed E-state index contributed by atoms with van der Waals surface area (Å²) in [4.78, 5) is 22.7. The van der Waals surface area contributed by atoms with E-state index in [1.807, 2.05) is 19.1 Å². The molecule has 1 fully saturated rings. The van der Waals surface area contributed by atoms with E-state index < -0.39 is 0 Å². The predicted molar refractivity (Wildman–Crippen MR) is 106 cm³/mol. The molecule has 1 aliphatic rings. The van der Waals surface area contributed by atoms with E-state index in [2.05, 4.69) is 25.3 Å². The number of esters is 1. The number of halogens is 1. The summed E-state index contributed by atoms with van der Waals surface area (Å²) in [6.45, 7) is 3.97. The number of carbonyl (C=O) groups is 1. The number of nitrogens with zero attached hydrogens (tertiary/aromatic N) is 4. The molecule has 1 N–H and O–H groups in total. The second-order valence-electron chi connectivity index (χ2n) is 6.76. The average Bonchev–Trinajstić information content (AvgIpc) is 3.31. The first kappa shape index (κ1) is 20.1. The number of guanidine groups is 1. The first-order chi connectivity index (χ1) is 13.5. The van der Waals surface area contributed by atoms with Gasteiger partial charge in [-0.1, -0.05) is 35.8 Å². The van der Waals surface area contributed by atoms with Gasteiger partial charge in [0.2, 0.25) is 11.7 Å². The second-order valence-corrected chi connectivity index (χ2v) is 7.19. The number of nitrogens with one attached hydrogen (secondary N) is 1. The van der Waals surface area contributed by atoms with Crippen molar-refractivity contribution in [2.75, 3.05) is 33.8 Å². The van der Waals surface area contributed by atoms with E-state index in [0.717, 1.165) is 18.1 Å². The quantitative estimate of drug-likeness (QED) is 0.463. The molecule has 150 valence electrons. The minimum atomic E-state index is -0.176. The molecule has 2 unspecified atom stereocenters. The van der Waals surface area contributed by atoms with Gasteiger partial charge in [0.15, 0.2) is 5.96 Å². The molecule has 3 rings (SSSR count). The van der Waals surface area contributed by atoms with Gasteiger partial charge in [0.1, 0.15) is 0 Å². The lowest BCUT2D eigenvalue weighted by atomic mass is 9.99. The van der Waals surface area contributed by atoms with E-state index in [1.165, 1.54) is 7.11 Å². The van der Waals surface area contributed by atoms with Gasteiger partial charge >= 0.3 is 5.97 Å². The van der Waals surface area contributed by atoms with Crippen LogP contribution in [0.25, 0.3) is 11.4 Å². The topological polar surface area (TPSA) is 92.9 Å². The monoisotopic (exact) mass is 405 g/mol. The van der Waals surface area contributed by atoms with Crippen molar-refractivity contribution < 1.29 is 14.1 Å². The maximum Gasteiger partial charge on any atom is 0.310 e. The molecule has 1 aromatic carbocycles. The molecule has 0 aliphatic carbocycles. The fourth-order valence-electron chi connectivity index (χ4n) is 3.31. The number of aromatic nitrogens is 2. The van der Waals surface area contributed by atoms with Crippen LogP contribution >= 0.6 is 11.6 Å². The number of rotatable bonds is 5. The van der Waals surface area contributed by atoms with Crippen molar-refractivity contribution in [3.8, 4) is 11.4 Å². The largest absolute Gasteiger partial charge is 0.469 e. The van der Waals surface area contributed by atoms with Gasteiger partial charge in [0.05, 0.1) is 13.0 Å². The lowest BCUT2D eigenvalue weighted by Crippen LogP contribution is -2.41. The van der Waals surface area contributed by atoms with Crippen LogP contribution in [0.3, 0.4) is 0 Å². The van der Waals surface area contributed by atoms with Crippen LogP contribution in [-0.4, -0.2) is 60.8 Å². The maximum absolute atomic E-state index is 11.9. The molecule has 0 amide bonds. The van der Waals surface area contributed by atoms with Crippen LogP contribution in [0.2, 0.25) is 5.02 Å². The smallest absolute Gasteiger partial charge is 0.310 e. The normalized spacial score (nSPS) is 19.7. The van der Waals surface area contributed by atoms with Crippen molar-refractivity contribution in [2.45, 2.75) is 13.3 Å². The van der Waals surface area contributed by atoms with E-state index in [-0.39, 0.29) is 17.8 Å². The van der Waals surface area contributed by atoms with Crippen LogP contribution in [0.5, 0.6) is 0 Å². The molecule has 1 aromatic heterocycles. The Morgan fingerprint density at radius 3 is 3.00 bits per heavy atom. The number of aliphatic imine (C=N–C) groups is 1. The molecule has 28 heavy (non-hydrogen) atoms. The number of hydrogen-bond acceptors (Lipinski definition) is 6. The highest BCUT2D eigenvalue weighted by Crippen LogP contribution is 2.24. The summed E-state index contributed by atoms with van der Waals surface area (Å²) in [6, 6.07) is 7.32. The maximum atomic E-state index is 11.9. The minimum Gasteiger partial charge on any atom is -0.469 e. The highest BCUT2D eigenvalue weighted by atomic mass is 35.5. The molecule has 1 aliphatic heterocycles. The first-order valence-electron chi connectivity index (χ1n) is 9.13.